The quantitative estimate of drug-likeness (QED) is 0.283. The molecule has 3 atom stereocenters. The van der Waals surface area contributed by atoms with Crippen molar-refractivity contribution in [3.05, 3.63) is 0 Å². The first-order chi connectivity index (χ1) is 8.58. The van der Waals surface area contributed by atoms with Crippen molar-refractivity contribution in [1.82, 2.24) is 0 Å². The predicted octanol–water partition coefficient (Wildman–Crippen LogP) is -1.48. The Hall–Kier alpha value is 0.308. The molecule has 106 valence electrons. The summed E-state index contributed by atoms with van der Waals surface area (Å²) in [5.41, 5.74) is 0. The third-order valence-electron chi connectivity index (χ3n) is 2.39. The number of epoxide rings is 1. The van der Waals surface area contributed by atoms with Gasteiger partial charge in [0.1, 0.15) is 6.10 Å². The van der Waals surface area contributed by atoms with E-state index in [0.29, 0.717) is 12.7 Å². The topological polar surface area (TPSA) is 77.5 Å². The summed E-state index contributed by atoms with van der Waals surface area (Å²) in [6.07, 6.45) is 1.32. The van der Waals surface area contributed by atoms with Crippen LogP contribution in [0, 0.1) is 0 Å². The van der Waals surface area contributed by atoms with E-state index in [-0.39, 0.29) is 0 Å². The molecule has 0 aromatic carbocycles. The van der Waals surface area contributed by atoms with Crippen LogP contribution in [0.3, 0.4) is 0 Å². The van der Waals surface area contributed by atoms with Gasteiger partial charge in [-0.2, -0.15) is 0 Å². The summed E-state index contributed by atoms with van der Waals surface area (Å²) in [4.78, 5) is 9.03. The maximum Gasteiger partial charge on any atom is 0.481 e. The predicted molar refractivity (Wildman–Crippen MR) is 75.4 cm³/mol. The molecule has 0 bridgehead atoms. The maximum absolute atomic E-state index is 11.4. The third kappa shape index (κ3) is 9.27. The molecule has 1 rings (SSSR count). The summed E-state index contributed by atoms with van der Waals surface area (Å²) in [7, 11) is -6.53. The summed E-state index contributed by atoms with van der Waals surface area (Å²) in [5.74, 6) is 0. The van der Waals surface area contributed by atoms with Gasteiger partial charge in [0.25, 0.3) is 9.28 Å². The molecule has 3 unspecified atom stereocenters. The van der Waals surface area contributed by atoms with E-state index in [1.807, 2.05) is 0 Å². The monoisotopic (exact) mass is 326 g/mol. The van der Waals surface area contributed by atoms with E-state index < -0.39 is 36.0 Å². The average molecular weight is 327 g/mol. The zero-order valence-corrected chi connectivity index (χ0v) is 15.7. The minimum absolute atomic E-state index is 0.329. The number of rotatable bonds is 11. The van der Waals surface area contributed by atoms with Gasteiger partial charge in [-0.25, -0.2) is 0 Å². The fourth-order valence-corrected chi connectivity index (χ4v) is 12.8. The Morgan fingerprint density at radius 1 is 1.56 bits per heavy atom. The standard InChI is InChI=1S/C8H22O6Si4/c1-16(13-15-18(10)14-17(2)9)5-3-4-11-6-8-7-12-8/h8-9,16-17H,3-7,15H2,1-2H3. The lowest BCUT2D eigenvalue weighted by Gasteiger charge is -2.11. The Balaban J connectivity index is 1.89. The molecule has 18 heavy (non-hydrogen) atoms. The molecule has 1 fully saturated rings. The first-order valence-corrected chi connectivity index (χ1v) is 15.1. The highest BCUT2D eigenvalue weighted by atomic mass is 29.2. The molecule has 1 heterocycles. The van der Waals surface area contributed by atoms with Crippen LogP contribution in [0.2, 0.25) is 19.1 Å². The highest BCUT2D eigenvalue weighted by Gasteiger charge is 2.22. The Morgan fingerprint density at radius 2 is 2.28 bits per heavy atom. The third-order valence-corrected chi connectivity index (χ3v) is 12.9. The van der Waals surface area contributed by atoms with Crippen LogP contribution in [0.1, 0.15) is 6.42 Å². The summed E-state index contributed by atoms with van der Waals surface area (Å²) >= 11 is 0. The second-order valence-electron chi connectivity index (χ2n) is 4.38. The van der Waals surface area contributed by atoms with Crippen LogP contribution in [0.25, 0.3) is 0 Å². The van der Waals surface area contributed by atoms with Gasteiger partial charge >= 0.3 is 17.7 Å². The van der Waals surface area contributed by atoms with Crippen LogP contribution in [0.4, 0.5) is 0 Å². The van der Waals surface area contributed by atoms with Crippen molar-refractivity contribution in [2.75, 3.05) is 19.8 Å². The molecule has 0 spiro atoms. The van der Waals surface area contributed by atoms with E-state index in [1.165, 1.54) is 0 Å². The average Bonchev–Trinajstić information content (AvgIpc) is 3.09. The molecular weight excluding hydrogens is 304 g/mol. The Morgan fingerprint density at radius 3 is 2.89 bits per heavy atom. The van der Waals surface area contributed by atoms with E-state index in [4.69, 9.17) is 22.5 Å². The zero-order chi connectivity index (χ0) is 13.4. The van der Waals surface area contributed by atoms with Gasteiger partial charge in [0, 0.05) is 6.61 Å². The fourth-order valence-electron chi connectivity index (χ4n) is 1.37. The van der Waals surface area contributed by atoms with E-state index in [0.717, 1.165) is 25.7 Å². The van der Waals surface area contributed by atoms with E-state index in [1.54, 1.807) is 6.55 Å². The van der Waals surface area contributed by atoms with Crippen molar-refractivity contribution in [3.8, 4) is 0 Å². The van der Waals surface area contributed by atoms with Gasteiger partial charge in [0.15, 0.2) is 9.04 Å². The lowest BCUT2D eigenvalue weighted by atomic mass is 10.5. The minimum Gasteiger partial charge on any atom is -0.563 e. The van der Waals surface area contributed by atoms with E-state index in [2.05, 4.69) is 6.55 Å². The summed E-state index contributed by atoms with van der Waals surface area (Å²) < 4.78 is 32.4. The molecule has 1 aliphatic rings. The Kier molecular flexibility index (Phi) is 8.41. The highest BCUT2D eigenvalue weighted by Crippen LogP contribution is 2.09. The molecule has 0 radical (unpaired) electrons. The Labute approximate surface area is 115 Å². The SMILES string of the molecule is C[SiH](O)O[Si](=O)[SiH2]O[SiH](C)CCCOCC1CO1. The second-order valence-corrected chi connectivity index (χ2v) is 13.7. The molecule has 0 saturated carbocycles. The first kappa shape index (κ1) is 16.4. The molecular formula is C8H22O6Si4. The molecule has 10 heteroatoms. The van der Waals surface area contributed by atoms with Gasteiger partial charge in [-0.15, -0.1) is 0 Å². The van der Waals surface area contributed by atoms with Crippen LogP contribution in [0.5, 0.6) is 0 Å². The van der Waals surface area contributed by atoms with Gasteiger partial charge in [-0.3, -0.25) is 0 Å². The van der Waals surface area contributed by atoms with Gasteiger partial charge in [0.05, 0.1) is 13.2 Å². The number of hydrogen-bond donors (Lipinski definition) is 1. The van der Waals surface area contributed by atoms with Crippen molar-refractivity contribution < 1.29 is 27.0 Å². The van der Waals surface area contributed by atoms with Crippen molar-refractivity contribution in [3.63, 3.8) is 0 Å². The van der Waals surface area contributed by atoms with Gasteiger partial charge in [0.2, 0.25) is 0 Å². The first-order valence-electron chi connectivity index (χ1n) is 6.26. The molecule has 0 aromatic rings. The van der Waals surface area contributed by atoms with Crippen LogP contribution in [-0.2, 0) is 22.2 Å². The van der Waals surface area contributed by atoms with Crippen molar-refractivity contribution >= 4 is 36.0 Å². The normalized spacial score (nSPS) is 22.1. The second kappa shape index (κ2) is 9.25. The van der Waals surface area contributed by atoms with Gasteiger partial charge < -0.3 is 27.0 Å². The van der Waals surface area contributed by atoms with Gasteiger partial charge in [-0.1, -0.05) is 0 Å². The van der Waals surface area contributed by atoms with E-state index in [9.17, 15) is 4.46 Å². The van der Waals surface area contributed by atoms with Crippen LogP contribution >= 0.6 is 0 Å². The largest absolute Gasteiger partial charge is 0.563 e. The molecule has 6 nitrogen and oxygen atoms in total. The van der Waals surface area contributed by atoms with Crippen molar-refractivity contribution in [1.29, 1.82) is 0 Å². The summed E-state index contributed by atoms with van der Waals surface area (Å²) in [5, 5.41) is 0. The van der Waals surface area contributed by atoms with Crippen molar-refractivity contribution in [2.45, 2.75) is 31.7 Å². The lowest BCUT2D eigenvalue weighted by molar-refractivity contribution is 0.117. The molecule has 0 aromatic heterocycles. The Bertz CT molecular complexity index is 250. The maximum atomic E-state index is 11.4. The van der Waals surface area contributed by atoms with Gasteiger partial charge in [-0.05, 0) is 25.6 Å². The molecule has 1 N–H and O–H groups in total. The molecule has 0 aliphatic carbocycles. The van der Waals surface area contributed by atoms with Crippen molar-refractivity contribution in [2.24, 2.45) is 0 Å². The fraction of sp³-hybridized carbons (Fsp3) is 1.00. The highest BCUT2D eigenvalue weighted by molar-refractivity contribution is 7.01. The van der Waals surface area contributed by atoms with E-state index >= 15 is 0 Å². The number of hydrogen-bond acceptors (Lipinski definition) is 6. The van der Waals surface area contributed by atoms with Crippen LogP contribution in [0.15, 0.2) is 0 Å². The molecule has 0 amide bonds. The smallest absolute Gasteiger partial charge is 0.481 e. The number of ether oxygens (including phenoxy) is 2. The summed E-state index contributed by atoms with van der Waals surface area (Å²) in [6, 6.07) is 1.03. The van der Waals surface area contributed by atoms with Crippen LogP contribution < -0.4 is 0 Å². The zero-order valence-electron chi connectivity index (χ0n) is 11.0. The van der Waals surface area contributed by atoms with Crippen LogP contribution in [-0.4, -0.2) is 66.8 Å². The molecule has 1 saturated heterocycles. The minimum atomic E-state index is -2.16. The molecule has 1 aliphatic heterocycles. The summed E-state index contributed by atoms with van der Waals surface area (Å²) in [6.45, 7) is 5.98. The lowest BCUT2D eigenvalue weighted by Crippen LogP contribution is -2.30.